The normalized spacial score (nSPS) is 18.7. The van der Waals surface area contributed by atoms with Crippen LogP contribution in [0, 0.1) is 90.5 Å². The van der Waals surface area contributed by atoms with E-state index in [4.69, 9.17) is 18.9 Å². The largest absolute Gasteiger partial charge is 0 e. The Kier molecular flexibility index (Phi) is 51.9. The van der Waals surface area contributed by atoms with Gasteiger partial charge in [0.2, 0.25) is 0 Å². The third-order valence-corrected chi connectivity index (χ3v) is 22.6. The number of benzene rings is 4. The molecule has 0 bridgehead atoms. The smallest absolute Gasteiger partial charge is 0 e. The Morgan fingerprint density at radius 1 is 0.317 bits per heavy atom. The first-order valence-electron chi connectivity index (χ1n) is 43.5. The number of carbonyl (C=O) groups excluding carboxylic acids is 4. The van der Waals surface area contributed by atoms with Gasteiger partial charge in [0.05, 0.1) is 0 Å². The van der Waals surface area contributed by atoms with E-state index in [9.17, 15) is 19.2 Å². The molecule has 8 aromatic rings. The first kappa shape index (κ1) is 112. The van der Waals surface area contributed by atoms with Crippen LogP contribution in [-0.4, -0.2) is 99.9 Å². The van der Waals surface area contributed by atoms with Gasteiger partial charge >= 0.3 is 645 Å². The molecule has 4 aliphatic carbocycles. The minimum absolute atomic E-state index is 0. The molecule has 0 unspecified atom stereocenters. The molecule has 4 aliphatic rings. The van der Waals surface area contributed by atoms with Crippen molar-refractivity contribution in [3.05, 3.63) is 234 Å². The molecule has 4 N–H and O–H groups in total. The minimum Gasteiger partial charge on any atom is 0 e. The van der Waals surface area contributed by atoms with Crippen molar-refractivity contribution in [3.63, 3.8) is 0 Å². The average molecular weight is 1920 g/mol. The van der Waals surface area contributed by atoms with E-state index in [0.717, 1.165) is 161 Å². The number of nitrogens with one attached hydrogen (secondary N) is 4. The van der Waals surface area contributed by atoms with Gasteiger partial charge in [-0.3, -0.25) is 0 Å². The molecular weight excluding hydrogens is 1780 g/mol. The number of amides is 4. The molecule has 4 heterocycles. The third kappa shape index (κ3) is 34.3. The fourth-order valence-electron chi connectivity index (χ4n) is 15.9. The van der Waals surface area contributed by atoms with Crippen molar-refractivity contribution in [3.8, 4) is 23.0 Å². The summed E-state index contributed by atoms with van der Waals surface area (Å²) in [5.74, 6) is 13.8. The van der Waals surface area contributed by atoms with Gasteiger partial charge in [0, 0.05) is 131 Å². The maximum absolute atomic E-state index is 12.9. The predicted molar refractivity (Wildman–Crippen MR) is 486 cm³/mol. The van der Waals surface area contributed by atoms with Gasteiger partial charge in [0.1, 0.15) is 0 Å². The summed E-state index contributed by atoms with van der Waals surface area (Å²) in [4.78, 5) is 50.4. The fourth-order valence-corrected chi connectivity index (χ4v) is 15.9. The minimum atomic E-state index is -0.186. The summed E-state index contributed by atoms with van der Waals surface area (Å²) in [6.45, 7) is 62.0. The molecule has 20 heteroatoms. The van der Waals surface area contributed by atoms with Crippen molar-refractivity contribution in [2.24, 2.45) is 10.8 Å². The van der Waals surface area contributed by atoms with Crippen LogP contribution in [0.1, 0.15) is 333 Å². The monoisotopic (exact) mass is 1920 g/mol. The Morgan fingerprint density at radius 3 is 0.717 bits per heavy atom. The maximum atomic E-state index is 12.9. The van der Waals surface area contributed by atoms with Crippen LogP contribution in [0.15, 0.2) is 121 Å². The van der Waals surface area contributed by atoms with Gasteiger partial charge in [-0.25, -0.2) is 0 Å². The predicted octanol–water partition coefficient (Wildman–Crippen LogP) is 22.3. The van der Waals surface area contributed by atoms with E-state index >= 15 is 0 Å². The van der Waals surface area contributed by atoms with Crippen molar-refractivity contribution in [1.82, 2.24) is 21.3 Å². The summed E-state index contributed by atoms with van der Waals surface area (Å²) < 4.78 is 25.0. The quantitative estimate of drug-likeness (QED) is 0.0550. The van der Waals surface area contributed by atoms with Crippen LogP contribution in [0.4, 0.5) is 0 Å². The Bertz CT molecular complexity index is 4030. The molecule has 120 heavy (non-hydrogen) atoms. The number of hydrogen-bond donors (Lipinski definition) is 4. The zero-order valence-corrected chi connectivity index (χ0v) is 89.2. The molecule has 12 rings (SSSR count). The molecule has 0 saturated heterocycles. The van der Waals surface area contributed by atoms with E-state index in [1.54, 1.807) is 0 Å². The van der Waals surface area contributed by atoms with Gasteiger partial charge in [-0.05, 0) is 0 Å². The summed E-state index contributed by atoms with van der Waals surface area (Å²) in [6, 6.07) is 46.1. The van der Waals surface area contributed by atoms with Gasteiger partial charge in [-0.2, -0.15) is 0 Å². The topological polar surface area (TPSA) is 153 Å². The SMILES string of the molecule is CC.CC.CC.Cc1[c-]c(C)c(OC2C(C)(C)C(NC(=O)c3bcc(C(C)C)cc3)C2(C)C)cc1.Cc1[c-]c(C)c(OC2CCC(NC(=O)c3bcc(C(C)C)cc3)CC2)cc1.Cc1[c-]c(C)c(OC2CCC(NC(=O)c3bcc(C(C)C)cc3)CC2)cc1.Cc1[c-]c(C)c(OC2CCC(NC(=O)c3bcc(C(C)C)cc3)CC2)cc1.[Y].[Y].[Y].[Y]. The van der Waals surface area contributed by atoms with Crippen LogP contribution < -0.4 is 40.2 Å². The molecule has 0 aliphatic heterocycles. The van der Waals surface area contributed by atoms with E-state index < -0.39 is 0 Å². The summed E-state index contributed by atoms with van der Waals surface area (Å²) in [7, 11) is 0. The van der Waals surface area contributed by atoms with Gasteiger partial charge in [-0.1, -0.05) is 62.3 Å². The third-order valence-electron chi connectivity index (χ3n) is 22.6. The zero-order chi connectivity index (χ0) is 85.7. The molecule has 4 radical (unpaired) electrons. The molecule has 0 spiro atoms. The number of ether oxygens (including phenoxy) is 4. The number of carbonyl (C=O) groups is 4. The fraction of sp³-hybridized carbons (Fsp3) is 0.520. The van der Waals surface area contributed by atoms with Crippen molar-refractivity contribution in [2.75, 3.05) is 0 Å². The van der Waals surface area contributed by atoms with Gasteiger partial charge < -0.3 is 0 Å². The summed E-state index contributed by atoms with van der Waals surface area (Å²) in [5.41, 5.74) is 16.3. The molecule has 634 valence electrons. The molecule has 4 amide bonds. The second-order valence-corrected chi connectivity index (χ2v) is 33.9. The molecule has 4 aromatic heterocycles. The van der Waals surface area contributed by atoms with Crippen LogP contribution in [0.3, 0.4) is 0 Å². The summed E-state index contributed by atoms with van der Waals surface area (Å²) in [5, 5.41) is 12.8. The number of aryl methyl sites for hydroxylation is 8. The van der Waals surface area contributed by atoms with Crippen LogP contribution in [0.2, 0.25) is 0 Å². The van der Waals surface area contributed by atoms with E-state index in [-0.39, 0.29) is 214 Å². The standard InChI is InChI=1S/C25H33BNO2.3C23H29BNO2.3C2H6.4Y/c1-15(2)18-10-11-19(26-14-18)21(28)27-22-24(5,6)23(25(22,7)8)29-20-12-9-16(3)13-17(20)4;3*1-15(2)18-6-11-21(24-14-18)23(26)25-19-7-9-20(10-8-19)27-22-12-5-16(3)13-17(22)4;3*1-2;;;;/h9-12,14-15,22-23H,1-8H3,(H,27,28);3*5-6,11-12,14-15,19-20H,7-10H2,1-4H3,(H,25,26);3*1-2H3;;;;/q4*-1;;;;;;;. The van der Waals surface area contributed by atoms with Crippen molar-refractivity contribution >= 4 is 51.3 Å². The van der Waals surface area contributed by atoms with Gasteiger partial charge in [0.15, 0.2) is 0 Å². The second kappa shape index (κ2) is 55.6. The van der Waals surface area contributed by atoms with E-state index in [0.29, 0.717) is 29.1 Å². The van der Waals surface area contributed by atoms with Crippen LogP contribution in [0.5, 0.6) is 23.0 Å². The Morgan fingerprint density at radius 2 is 0.525 bits per heavy atom. The molecule has 4 aromatic carbocycles. The number of hydrogen-bond acceptors (Lipinski definition) is 8. The maximum Gasteiger partial charge on any atom is 0 e. The van der Waals surface area contributed by atoms with Gasteiger partial charge in [0.25, 0.3) is 0 Å². The first-order chi connectivity index (χ1) is 55.2. The molecule has 4 fully saturated rings. The number of rotatable bonds is 20. The van der Waals surface area contributed by atoms with E-state index in [2.05, 4.69) is 129 Å². The second-order valence-electron chi connectivity index (χ2n) is 33.9. The molecule has 12 nitrogen and oxygen atoms in total. The summed E-state index contributed by atoms with van der Waals surface area (Å²) >= 11 is 0. The first-order valence-corrected chi connectivity index (χ1v) is 43.5. The summed E-state index contributed by atoms with van der Waals surface area (Å²) in [6.07, 6.45) is 12.2. The Hall–Kier alpha value is -3.96. The molecule has 4 saturated carbocycles. The van der Waals surface area contributed by atoms with Crippen LogP contribution >= 0.6 is 0 Å². The van der Waals surface area contributed by atoms with E-state index in [1.807, 2.05) is 245 Å². The van der Waals surface area contributed by atoms with Crippen LogP contribution in [0.25, 0.3) is 0 Å². The molecule has 0 atom stereocenters. The van der Waals surface area contributed by atoms with Crippen molar-refractivity contribution in [1.29, 1.82) is 0 Å². The van der Waals surface area contributed by atoms with Crippen molar-refractivity contribution in [2.45, 2.75) is 329 Å². The Labute approximate surface area is 829 Å². The zero-order valence-electron chi connectivity index (χ0n) is 77.8. The van der Waals surface area contributed by atoms with E-state index in [1.165, 1.54) is 22.3 Å². The average Bonchev–Trinajstić information content (AvgIpc) is 0.706. The molecular formula is C100H138B4N4O8Y4-4. The Balaban J connectivity index is 0.000000525. The van der Waals surface area contributed by atoms with Gasteiger partial charge in [-0.15, -0.1) is 0 Å². The van der Waals surface area contributed by atoms with Crippen molar-refractivity contribution < 1.29 is 169 Å². The van der Waals surface area contributed by atoms with Crippen LogP contribution in [-0.2, 0) is 131 Å².